The average molecular weight is 392 g/mol. The average Bonchev–Trinajstić information content (AvgIpc) is 3.28. The Morgan fingerprint density at radius 3 is 2.21 bits per heavy atom. The van der Waals surface area contributed by atoms with E-state index in [2.05, 4.69) is 36.9 Å². The van der Waals surface area contributed by atoms with E-state index >= 15 is 0 Å². The molecule has 3 aromatic rings. The number of hydrogen-bond donors (Lipinski definition) is 0. The van der Waals surface area contributed by atoms with Gasteiger partial charge in [-0.15, -0.1) is 0 Å². The molecule has 6 heteroatoms. The molecule has 0 N–H and O–H groups in total. The first-order valence-corrected chi connectivity index (χ1v) is 10.1. The Hall–Kier alpha value is -2.50. The Morgan fingerprint density at radius 2 is 1.57 bits per heavy atom. The Labute approximate surface area is 170 Å². The highest BCUT2D eigenvalue weighted by Crippen LogP contribution is 2.34. The third-order valence-electron chi connectivity index (χ3n) is 5.82. The van der Waals surface area contributed by atoms with Crippen molar-refractivity contribution in [2.24, 2.45) is 11.8 Å². The first kappa shape index (κ1) is 17.6. The molecule has 2 aliphatic rings. The van der Waals surface area contributed by atoms with Gasteiger partial charge in [0, 0.05) is 55.7 Å². The van der Waals surface area contributed by atoms with Gasteiger partial charge in [0.25, 0.3) is 0 Å². The Balaban J connectivity index is 1.21. The number of rotatable bonds is 4. The minimum atomic E-state index is 0.708. The molecule has 4 heterocycles. The highest BCUT2D eigenvalue weighted by Gasteiger charge is 2.40. The second-order valence-electron chi connectivity index (χ2n) is 7.74. The van der Waals surface area contributed by atoms with Gasteiger partial charge in [0.1, 0.15) is 5.82 Å². The van der Waals surface area contributed by atoms with Crippen molar-refractivity contribution in [2.75, 3.05) is 31.1 Å². The summed E-state index contributed by atoms with van der Waals surface area (Å²) in [5.41, 5.74) is 3.26. The molecule has 28 heavy (non-hydrogen) atoms. The zero-order chi connectivity index (χ0) is 18.9. The summed E-state index contributed by atoms with van der Waals surface area (Å²) in [4.78, 5) is 18.4. The lowest BCUT2D eigenvalue weighted by molar-refractivity contribution is 0.308. The van der Waals surface area contributed by atoms with E-state index in [9.17, 15) is 0 Å². The molecular weight excluding hydrogens is 370 g/mol. The fraction of sp³-hybridized carbons (Fsp3) is 0.318. The summed E-state index contributed by atoms with van der Waals surface area (Å²) in [6.07, 6.45) is 7.52. The summed E-state index contributed by atoms with van der Waals surface area (Å²) in [6.45, 7) is 5.45. The second kappa shape index (κ2) is 7.49. The number of anilines is 1. The minimum Gasteiger partial charge on any atom is -0.355 e. The van der Waals surface area contributed by atoms with Crippen LogP contribution in [0.5, 0.6) is 0 Å². The molecule has 1 aromatic carbocycles. The summed E-state index contributed by atoms with van der Waals surface area (Å²) in [5.74, 6) is 2.40. The number of fused-ring (bicyclic) bond motifs is 1. The molecule has 2 fully saturated rings. The molecule has 0 spiro atoms. The Kier molecular flexibility index (Phi) is 4.71. The van der Waals surface area contributed by atoms with Gasteiger partial charge in [0.2, 0.25) is 0 Å². The number of pyridine rings is 1. The van der Waals surface area contributed by atoms with Gasteiger partial charge in [-0.3, -0.25) is 14.9 Å². The summed E-state index contributed by atoms with van der Waals surface area (Å²) in [7, 11) is 0. The van der Waals surface area contributed by atoms with Crippen LogP contribution in [0.15, 0.2) is 61.2 Å². The maximum absolute atomic E-state index is 5.96. The molecule has 2 unspecified atom stereocenters. The minimum absolute atomic E-state index is 0.708. The van der Waals surface area contributed by atoms with Gasteiger partial charge in [-0.05, 0) is 41.7 Å². The van der Waals surface area contributed by atoms with Crippen LogP contribution in [0.4, 0.5) is 5.82 Å². The van der Waals surface area contributed by atoms with Crippen LogP contribution in [0, 0.1) is 11.8 Å². The third-order valence-corrected chi connectivity index (χ3v) is 6.07. The fourth-order valence-corrected chi connectivity index (χ4v) is 4.53. The van der Waals surface area contributed by atoms with Crippen LogP contribution in [0.3, 0.4) is 0 Å². The fourth-order valence-electron chi connectivity index (χ4n) is 4.41. The lowest BCUT2D eigenvalue weighted by Gasteiger charge is -2.22. The van der Waals surface area contributed by atoms with Crippen LogP contribution < -0.4 is 4.90 Å². The van der Waals surface area contributed by atoms with E-state index in [1.807, 2.05) is 49.1 Å². The topological polar surface area (TPSA) is 45.2 Å². The summed E-state index contributed by atoms with van der Waals surface area (Å²) in [6, 6.07) is 11.9. The zero-order valence-electron chi connectivity index (χ0n) is 15.6. The predicted octanol–water partition coefficient (Wildman–Crippen LogP) is 3.76. The van der Waals surface area contributed by atoms with Crippen LogP contribution >= 0.6 is 11.6 Å². The SMILES string of the molecule is Clc1ccc(-c2cnc(N3CC4CN(Cc5ccncc5)CC4C3)cn2)cc1. The van der Waals surface area contributed by atoms with Gasteiger partial charge < -0.3 is 4.90 Å². The van der Waals surface area contributed by atoms with E-state index in [0.29, 0.717) is 11.8 Å². The van der Waals surface area contributed by atoms with E-state index in [0.717, 1.165) is 54.8 Å². The van der Waals surface area contributed by atoms with Crippen molar-refractivity contribution in [1.29, 1.82) is 0 Å². The molecule has 2 atom stereocenters. The number of likely N-dealkylation sites (tertiary alicyclic amines) is 1. The molecule has 0 radical (unpaired) electrons. The number of benzene rings is 1. The second-order valence-corrected chi connectivity index (χ2v) is 8.18. The smallest absolute Gasteiger partial charge is 0.147 e. The highest BCUT2D eigenvalue weighted by atomic mass is 35.5. The monoisotopic (exact) mass is 391 g/mol. The standard InChI is InChI=1S/C22H22ClN5/c23-20-3-1-17(2-4-20)21-9-26-22(10-25-21)28-14-18-12-27(13-19(18)15-28)11-16-5-7-24-8-6-16/h1-10,18-19H,11-15H2. The third kappa shape index (κ3) is 3.60. The Bertz CT molecular complexity index is 915. The molecule has 0 amide bonds. The van der Waals surface area contributed by atoms with E-state index in [-0.39, 0.29) is 0 Å². The van der Waals surface area contributed by atoms with Gasteiger partial charge in [0.05, 0.1) is 18.1 Å². The maximum atomic E-state index is 5.96. The van der Waals surface area contributed by atoms with Crippen LogP contribution in [0.1, 0.15) is 5.56 Å². The summed E-state index contributed by atoms with van der Waals surface area (Å²) < 4.78 is 0. The largest absolute Gasteiger partial charge is 0.355 e. The lowest BCUT2D eigenvalue weighted by atomic mass is 10.0. The van der Waals surface area contributed by atoms with Crippen molar-refractivity contribution in [1.82, 2.24) is 19.9 Å². The van der Waals surface area contributed by atoms with Crippen molar-refractivity contribution in [3.8, 4) is 11.3 Å². The number of aromatic nitrogens is 3. The van der Waals surface area contributed by atoms with Crippen molar-refractivity contribution in [3.63, 3.8) is 0 Å². The van der Waals surface area contributed by atoms with Crippen molar-refractivity contribution in [2.45, 2.75) is 6.54 Å². The van der Waals surface area contributed by atoms with Crippen molar-refractivity contribution in [3.05, 3.63) is 71.8 Å². The van der Waals surface area contributed by atoms with Crippen LogP contribution in [-0.4, -0.2) is 46.0 Å². The Morgan fingerprint density at radius 1 is 0.857 bits per heavy atom. The molecule has 5 nitrogen and oxygen atoms in total. The molecule has 2 aromatic heterocycles. The van der Waals surface area contributed by atoms with E-state index in [1.54, 1.807) is 0 Å². The van der Waals surface area contributed by atoms with Gasteiger partial charge >= 0.3 is 0 Å². The molecule has 0 saturated carbocycles. The molecule has 2 aliphatic heterocycles. The maximum Gasteiger partial charge on any atom is 0.147 e. The molecule has 0 aliphatic carbocycles. The number of hydrogen-bond acceptors (Lipinski definition) is 5. The summed E-state index contributed by atoms with van der Waals surface area (Å²) in [5, 5.41) is 0.731. The quantitative estimate of drug-likeness (QED) is 0.677. The van der Waals surface area contributed by atoms with Gasteiger partial charge in [-0.1, -0.05) is 23.7 Å². The highest BCUT2D eigenvalue weighted by molar-refractivity contribution is 6.30. The molecular formula is C22H22ClN5. The van der Waals surface area contributed by atoms with Crippen LogP contribution in [0.25, 0.3) is 11.3 Å². The number of halogens is 1. The first-order valence-electron chi connectivity index (χ1n) is 9.69. The van der Waals surface area contributed by atoms with E-state index in [4.69, 9.17) is 11.6 Å². The number of nitrogens with zero attached hydrogens (tertiary/aromatic N) is 5. The molecule has 142 valence electrons. The zero-order valence-corrected chi connectivity index (χ0v) is 16.3. The van der Waals surface area contributed by atoms with Crippen molar-refractivity contribution >= 4 is 17.4 Å². The predicted molar refractivity (Wildman–Crippen MR) is 111 cm³/mol. The normalized spacial score (nSPS) is 21.8. The molecule has 0 bridgehead atoms. The van der Waals surface area contributed by atoms with Gasteiger partial charge in [0.15, 0.2) is 0 Å². The van der Waals surface area contributed by atoms with Crippen molar-refractivity contribution < 1.29 is 0 Å². The lowest BCUT2D eigenvalue weighted by Crippen LogP contribution is -2.29. The van der Waals surface area contributed by atoms with Crippen LogP contribution in [-0.2, 0) is 6.54 Å². The first-order chi connectivity index (χ1) is 13.7. The summed E-state index contributed by atoms with van der Waals surface area (Å²) >= 11 is 5.96. The van der Waals surface area contributed by atoms with Crippen LogP contribution in [0.2, 0.25) is 5.02 Å². The van der Waals surface area contributed by atoms with E-state index in [1.165, 1.54) is 5.56 Å². The van der Waals surface area contributed by atoms with Gasteiger partial charge in [-0.25, -0.2) is 4.98 Å². The van der Waals surface area contributed by atoms with E-state index < -0.39 is 0 Å². The molecule has 2 saturated heterocycles. The van der Waals surface area contributed by atoms with Gasteiger partial charge in [-0.2, -0.15) is 0 Å². The molecule has 5 rings (SSSR count).